The number of hydrogen-bond donors (Lipinski definition) is 2. The van der Waals surface area contributed by atoms with Crippen LogP contribution in [-0.4, -0.2) is 32.8 Å². The molecular formula is C21H19F3N2O5S. The number of hydrogen-bond acceptors (Lipinski definition) is 5. The lowest BCUT2D eigenvalue weighted by Gasteiger charge is -2.29. The van der Waals surface area contributed by atoms with Gasteiger partial charge < -0.3 is 15.4 Å². The predicted molar refractivity (Wildman–Crippen MR) is 108 cm³/mol. The van der Waals surface area contributed by atoms with E-state index in [0.29, 0.717) is 0 Å². The van der Waals surface area contributed by atoms with Gasteiger partial charge in [0.2, 0.25) is 0 Å². The van der Waals surface area contributed by atoms with Crippen molar-refractivity contribution in [1.82, 2.24) is 10.6 Å². The molecule has 7 nitrogen and oxygen atoms in total. The van der Waals surface area contributed by atoms with Crippen molar-refractivity contribution in [2.24, 2.45) is 0 Å². The maximum Gasteiger partial charge on any atom is 0.338 e. The van der Waals surface area contributed by atoms with Crippen molar-refractivity contribution in [3.05, 3.63) is 76.2 Å². The van der Waals surface area contributed by atoms with Gasteiger partial charge in [-0.05, 0) is 55.3 Å². The van der Waals surface area contributed by atoms with Crippen LogP contribution in [0.2, 0.25) is 0 Å². The van der Waals surface area contributed by atoms with Crippen LogP contribution in [0.4, 0.5) is 18.0 Å². The van der Waals surface area contributed by atoms with Crippen LogP contribution in [0.15, 0.2) is 52.6 Å². The van der Waals surface area contributed by atoms with Crippen molar-refractivity contribution in [2.75, 3.05) is 12.4 Å². The number of benzene rings is 2. The number of urea groups is 1. The first-order valence-corrected chi connectivity index (χ1v) is 11.1. The van der Waals surface area contributed by atoms with E-state index in [1.807, 2.05) is 0 Å². The first-order chi connectivity index (χ1) is 15.0. The molecule has 2 aromatic carbocycles. The monoisotopic (exact) mass is 468 g/mol. The summed E-state index contributed by atoms with van der Waals surface area (Å²) in [5.41, 5.74) is -0.460. The molecule has 0 spiro atoms. The number of carbonyl (C=O) groups is 2. The molecule has 3 rings (SSSR count). The summed E-state index contributed by atoms with van der Waals surface area (Å²) in [5.74, 6) is -4.71. The molecule has 0 bridgehead atoms. The van der Waals surface area contributed by atoms with Crippen LogP contribution < -0.4 is 10.6 Å². The zero-order valence-corrected chi connectivity index (χ0v) is 17.9. The molecule has 0 aromatic heterocycles. The Hall–Kier alpha value is -3.34. The van der Waals surface area contributed by atoms with Gasteiger partial charge in [-0.3, -0.25) is 0 Å². The predicted octanol–water partition coefficient (Wildman–Crippen LogP) is 3.06. The summed E-state index contributed by atoms with van der Waals surface area (Å²) in [6, 6.07) is 3.81. The molecule has 0 saturated carbocycles. The summed E-state index contributed by atoms with van der Waals surface area (Å²) >= 11 is 0. The molecule has 1 unspecified atom stereocenters. The van der Waals surface area contributed by atoms with Gasteiger partial charge in [0.05, 0.1) is 28.9 Å². The van der Waals surface area contributed by atoms with Gasteiger partial charge in [0.1, 0.15) is 5.82 Å². The normalized spacial score (nSPS) is 16.4. The number of nitrogens with one attached hydrogen (secondary N) is 2. The lowest BCUT2D eigenvalue weighted by Crippen LogP contribution is -2.47. The first-order valence-electron chi connectivity index (χ1n) is 9.45. The summed E-state index contributed by atoms with van der Waals surface area (Å²) in [5, 5.41) is 4.69. The van der Waals surface area contributed by atoms with Crippen LogP contribution in [0, 0.1) is 24.4 Å². The zero-order valence-electron chi connectivity index (χ0n) is 17.0. The van der Waals surface area contributed by atoms with Gasteiger partial charge in [-0.2, -0.15) is 0 Å². The van der Waals surface area contributed by atoms with Gasteiger partial charge in [0.25, 0.3) is 0 Å². The van der Waals surface area contributed by atoms with Crippen LogP contribution in [-0.2, 0) is 19.4 Å². The number of sulfone groups is 1. The van der Waals surface area contributed by atoms with Crippen LogP contribution >= 0.6 is 0 Å². The third-order valence-corrected chi connectivity index (χ3v) is 6.39. The molecule has 11 heteroatoms. The molecule has 0 fully saturated rings. The molecule has 170 valence electrons. The van der Waals surface area contributed by atoms with Crippen LogP contribution in [0.25, 0.3) is 0 Å². The van der Waals surface area contributed by atoms with E-state index in [2.05, 4.69) is 10.6 Å². The summed E-state index contributed by atoms with van der Waals surface area (Å²) < 4.78 is 71.7. The molecular weight excluding hydrogens is 449 g/mol. The molecule has 1 aliphatic rings. The molecule has 0 aliphatic carbocycles. The van der Waals surface area contributed by atoms with Crippen LogP contribution in [0.3, 0.4) is 0 Å². The maximum atomic E-state index is 13.8. The Labute approximate surface area is 182 Å². The number of carbonyl (C=O) groups excluding carboxylic acids is 2. The highest BCUT2D eigenvalue weighted by molar-refractivity contribution is 7.91. The molecule has 0 saturated heterocycles. The molecule has 1 atom stereocenters. The van der Waals surface area contributed by atoms with E-state index >= 15 is 0 Å². The lowest BCUT2D eigenvalue weighted by molar-refractivity contribution is -0.139. The van der Waals surface area contributed by atoms with E-state index in [4.69, 9.17) is 4.74 Å². The average molecular weight is 468 g/mol. The van der Waals surface area contributed by atoms with Crippen molar-refractivity contribution in [3.8, 4) is 0 Å². The van der Waals surface area contributed by atoms with Gasteiger partial charge >= 0.3 is 12.0 Å². The lowest BCUT2D eigenvalue weighted by atomic mass is 9.95. The summed E-state index contributed by atoms with van der Waals surface area (Å²) in [6.07, 6.45) is 0. The fraction of sp³-hybridized carbons (Fsp3) is 0.238. The second-order valence-corrected chi connectivity index (χ2v) is 8.98. The van der Waals surface area contributed by atoms with Crippen LogP contribution in [0.1, 0.15) is 24.1 Å². The quantitative estimate of drug-likeness (QED) is 0.501. The van der Waals surface area contributed by atoms with Gasteiger partial charge in [0.15, 0.2) is 21.5 Å². The fourth-order valence-electron chi connectivity index (χ4n) is 3.21. The third kappa shape index (κ3) is 4.77. The minimum atomic E-state index is -4.13. The smallest absolute Gasteiger partial charge is 0.338 e. The molecule has 1 aliphatic heterocycles. The second kappa shape index (κ2) is 9.03. The molecule has 0 radical (unpaired) electrons. The van der Waals surface area contributed by atoms with Gasteiger partial charge in [-0.15, -0.1) is 0 Å². The fourth-order valence-corrected chi connectivity index (χ4v) is 4.61. The zero-order chi connectivity index (χ0) is 23.6. The number of rotatable bonds is 6. The highest BCUT2D eigenvalue weighted by Gasteiger charge is 2.36. The largest absolute Gasteiger partial charge is 0.463 e. The van der Waals surface area contributed by atoms with E-state index in [9.17, 15) is 31.2 Å². The standard InChI is InChI=1S/C21H19F3N2O5S/c1-3-31-20(27)18-17(10-32(29,30)13-5-7-14(22)11(2)8-13)25-21(28)26-19(18)12-4-6-15(23)16(24)9-12/h4-9,19H,3,10H2,1-2H3,(H2,25,26,28). The maximum absolute atomic E-state index is 13.8. The molecule has 1 heterocycles. The van der Waals surface area contributed by atoms with Crippen molar-refractivity contribution in [3.63, 3.8) is 0 Å². The summed E-state index contributed by atoms with van der Waals surface area (Å²) in [7, 11) is -4.13. The number of ether oxygens (including phenoxy) is 1. The van der Waals surface area contributed by atoms with E-state index in [0.717, 1.165) is 36.4 Å². The number of esters is 1. The molecule has 2 N–H and O–H groups in total. The van der Waals surface area contributed by atoms with Crippen molar-refractivity contribution < 1.29 is 35.9 Å². The Bertz CT molecular complexity index is 1230. The van der Waals surface area contributed by atoms with Crippen molar-refractivity contribution in [1.29, 1.82) is 0 Å². The Balaban J connectivity index is 2.12. The van der Waals surface area contributed by atoms with E-state index in [-0.39, 0.29) is 33.9 Å². The first kappa shape index (κ1) is 23.3. The van der Waals surface area contributed by atoms with Crippen molar-refractivity contribution >= 4 is 21.8 Å². The summed E-state index contributed by atoms with van der Waals surface area (Å²) in [6.45, 7) is 2.86. The minimum absolute atomic E-state index is 0.00864. The Kier molecular flexibility index (Phi) is 6.58. The number of amides is 2. The Morgan fingerprint density at radius 3 is 2.38 bits per heavy atom. The highest BCUT2D eigenvalue weighted by atomic mass is 32.2. The SMILES string of the molecule is CCOC(=O)C1=C(CS(=O)(=O)c2ccc(F)c(C)c2)NC(=O)NC1c1ccc(F)c(F)c1. The van der Waals surface area contributed by atoms with E-state index < -0.39 is 51.1 Å². The van der Waals surface area contributed by atoms with Crippen molar-refractivity contribution in [2.45, 2.75) is 24.8 Å². The topological polar surface area (TPSA) is 102 Å². The molecule has 2 amide bonds. The number of aryl methyl sites for hydroxylation is 1. The third-order valence-electron chi connectivity index (χ3n) is 4.75. The van der Waals surface area contributed by atoms with Crippen LogP contribution in [0.5, 0.6) is 0 Å². The Morgan fingerprint density at radius 1 is 1.06 bits per heavy atom. The minimum Gasteiger partial charge on any atom is -0.463 e. The highest BCUT2D eigenvalue weighted by Crippen LogP contribution is 2.30. The second-order valence-electron chi connectivity index (χ2n) is 6.99. The van der Waals surface area contributed by atoms with Gasteiger partial charge in [-0.1, -0.05) is 6.07 Å². The Morgan fingerprint density at radius 2 is 1.75 bits per heavy atom. The molecule has 32 heavy (non-hydrogen) atoms. The van der Waals surface area contributed by atoms with Gasteiger partial charge in [0, 0.05) is 5.70 Å². The summed E-state index contributed by atoms with van der Waals surface area (Å²) in [4.78, 5) is 24.7. The number of halogens is 3. The van der Waals surface area contributed by atoms with E-state index in [1.54, 1.807) is 0 Å². The van der Waals surface area contributed by atoms with Gasteiger partial charge in [-0.25, -0.2) is 31.2 Å². The average Bonchev–Trinajstić information content (AvgIpc) is 2.71. The van der Waals surface area contributed by atoms with E-state index in [1.165, 1.54) is 13.8 Å². The molecule has 2 aromatic rings.